The van der Waals surface area contributed by atoms with E-state index in [0.29, 0.717) is 5.89 Å². The molecule has 0 unspecified atom stereocenters. The van der Waals surface area contributed by atoms with E-state index in [1.807, 2.05) is 36.4 Å². The average Bonchev–Trinajstić information content (AvgIpc) is 3.47. The monoisotopic (exact) mass is 512 g/mol. The van der Waals surface area contributed by atoms with Crippen molar-refractivity contribution >= 4 is 60.5 Å². The van der Waals surface area contributed by atoms with Crippen molar-refractivity contribution in [2.45, 2.75) is 0 Å². The zero-order valence-electron chi connectivity index (χ0n) is 21.7. The van der Waals surface area contributed by atoms with E-state index in [1.54, 1.807) is 0 Å². The number of anilines is 3. The van der Waals surface area contributed by atoms with Gasteiger partial charge in [0.2, 0.25) is 5.89 Å². The average molecular weight is 513 g/mol. The molecule has 3 heteroatoms. The fraction of sp³-hybridized carbons (Fsp3) is 0. The minimum absolute atomic E-state index is 0.649. The van der Waals surface area contributed by atoms with E-state index < -0.39 is 0 Å². The Labute approximate surface area is 231 Å². The number of rotatable bonds is 4. The van der Waals surface area contributed by atoms with Crippen LogP contribution in [0.3, 0.4) is 0 Å². The zero-order chi connectivity index (χ0) is 26.5. The lowest BCUT2D eigenvalue weighted by molar-refractivity contribution is 0.620. The van der Waals surface area contributed by atoms with Crippen LogP contribution in [0.25, 0.3) is 54.9 Å². The van der Waals surface area contributed by atoms with Crippen molar-refractivity contribution in [3.05, 3.63) is 146 Å². The molecule has 8 rings (SSSR count). The first kappa shape index (κ1) is 22.6. The Kier molecular flexibility index (Phi) is 5.14. The molecule has 0 saturated heterocycles. The third kappa shape index (κ3) is 3.63. The summed E-state index contributed by atoms with van der Waals surface area (Å²) < 4.78 is 6.14. The maximum absolute atomic E-state index is 6.14. The van der Waals surface area contributed by atoms with Crippen molar-refractivity contribution in [2.24, 2.45) is 0 Å². The second kappa shape index (κ2) is 9.11. The molecular formula is C37H24N2O. The van der Waals surface area contributed by atoms with E-state index in [0.717, 1.165) is 39.1 Å². The molecule has 1 aromatic heterocycles. The summed E-state index contributed by atoms with van der Waals surface area (Å²) in [4.78, 5) is 7.20. The summed E-state index contributed by atoms with van der Waals surface area (Å²) in [6, 6.07) is 50.9. The molecule has 0 saturated carbocycles. The first-order valence-electron chi connectivity index (χ1n) is 13.5. The highest BCUT2D eigenvalue weighted by atomic mass is 16.3. The van der Waals surface area contributed by atoms with Crippen LogP contribution in [0.15, 0.2) is 150 Å². The van der Waals surface area contributed by atoms with E-state index in [-0.39, 0.29) is 0 Å². The molecule has 0 aliphatic heterocycles. The number of para-hydroxylation sites is 2. The molecule has 0 aliphatic rings. The molecule has 1 heterocycles. The van der Waals surface area contributed by atoms with Crippen LogP contribution in [0.4, 0.5) is 17.1 Å². The van der Waals surface area contributed by atoms with Crippen molar-refractivity contribution in [3.8, 4) is 11.5 Å². The van der Waals surface area contributed by atoms with Gasteiger partial charge >= 0.3 is 0 Å². The minimum atomic E-state index is 0.649. The molecule has 188 valence electrons. The van der Waals surface area contributed by atoms with Crippen molar-refractivity contribution in [3.63, 3.8) is 0 Å². The lowest BCUT2D eigenvalue weighted by Crippen LogP contribution is -2.09. The fourth-order valence-corrected chi connectivity index (χ4v) is 5.78. The molecule has 0 spiro atoms. The lowest BCUT2D eigenvalue weighted by Gasteiger charge is -2.25. The molecule has 0 atom stereocenters. The molecule has 0 fully saturated rings. The molecule has 3 nitrogen and oxygen atoms in total. The topological polar surface area (TPSA) is 29.3 Å². The molecule has 8 aromatic rings. The Bertz CT molecular complexity index is 2110. The van der Waals surface area contributed by atoms with Gasteiger partial charge in [-0.15, -0.1) is 0 Å². The summed E-state index contributed by atoms with van der Waals surface area (Å²) in [6.45, 7) is 0. The molecule has 0 amide bonds. The Morgan fingerprint density at radius 1 is 0.450 bits per heavy atom. The first-order valence-corrected chi connectivity index (χ1v) is 13.5. The highest BCUT2D eigenvalue weighted by Crippen LogP contribution is 2.39. The van der Waals surface area contributed by atoms with Crippen molar-refractivity contribution in [1.29, 1.82) is 0 Å². The lowest BCUT2D eigenvalue weighted by atomic mass is 9.96. The first-order chi connectivity index (χ1) is 19.8. The van der Waals surface area contributed by atoms with Gasteiger partial charge in [-0.2, -0.15) is 0 Å². The van der Waals surface area contributed by atoms with E-state index in [4.69, 9.17) is 9.40 Å². The van der Waals surface area contributed by atoms with Crippen LogP contribution in [0.5, 0.6) is 0 Å². The van der Waals surface area contributed by atoms with Gasteiger partial charge in [-0.1, -0.05) is 84.9 Å². The molecule has 0 aliphatic carbocycles. The highest BCUT2D eigenvalue weighted by Gasteiger charge is 2.15. The Hall–Kier alpha value is -5.41. The van der Waals surface area contributed by atoms with Crippen LogP contribution in [-0.2, 0) is 0 Å². The summed E-state index contributed by atoms with van der Waals surface area (Å²) >= 11 is 0. The molecule has 7 aromatic carbocycles. The zero-order valence-corrected chi connectivity index (χ0v) is 21.7. The highest BCUT2D eigenvalue weighted by molar-refractivity contribution is 6.21. The van der Waals surface area contributed by atoms with Gasteiger partial charge < -0.3 is 9.32 Å². The van der Waals surface area contributed by atoms with Gasteiger partial charge in [0, 0.05) is 28.0 Å². The number of nitrogens with zero attached hydrogens (tertiary/aromatic N) is 2. The van der Waals surface area contributed by atoms with Crippen LogP contribution >= 0.6 is 0 Å². The molecule has 0 N–H and O–H groups in total. The van der Waals surface area contributed by atoms with Gasteiger partial charge in [0.1, 0.15) is 5.52 Å². The summed E-state index contributed by atoms with van der Waals surface area (Å²) in [5.74, 6) is 0.649. The van der Waals surface area contributed by atoms with E-state index >= 15 is 0 Å². The largest absolute Gasteiger partial charge is 0.436 e. The normalized spacial score (nSPS) is 11.5. The molecular weight excluding hydrogens is 488 g/mol. The second-order valence-electron chi connectivity index (χ2n) is 10.0. The van der Waals surface area contributed by atoms with Gasteiger partial charge in [0.25, 0.3) is 0 Å². The second-order valence-corrected chi connectivity index (χ2v) is 10.0. The number of benzene rings is 7. The summed E-state index contributed by atoms with van der Waals surface area (Å²) in [5.41, 5.74) is 6.07. The standard InChI is InChI=1S/C37H24N2O/c1-4-10-25(11-5-1)37-38-36-34-21-20-31-30-19-17-29(24-26(30)16-18-32(31)33(34)22-23-35(36)40-37)39(27-12-6-2-7-13-27)28-14-8-3-9-15-28/h1-24H. The summed E-state index contributed by atoms with van der Waals surface area (Å²) in [6.07, 6.45) is 0. The number of hydrogen-bond acceptors (Lipinski definition) is 3. The van der Waals surface area contributed by atoms with Gasteiger partial charge in [0.15, 0.2) is 5.58 Å². The van der Waals surface area contributed by atoms with Crippen LogP contribution in [0.2, 0.25) is 0 Å². The van der Waals surface area contributed by atoms with Crippen LogP contribution in [0.1, 0.15) is 0 Å². The number of fused-ring (bicyclic) bond motifs is 7. The van der Waals surface area contributed by atoms with Gasteiger partial charge in [0.05, 0.1) is 0 Å². The van der Waals surface area contributed by atoms with Crippen LogP contribution < -0.4 is 4.90 Å². The maximum Gasteiger partial charge on any atom is 0.227 e. The van der Waals surface area contributed by atoms with Crippen molar-refractivity contribution < 1.29 is 4.42 Å². The summed E-state index contributed by atoms with van der Waals surface area (Å²) in [5, 5.41) is 7.16. The number of aromatic nitrogens is 1. The van der Waals surface area contributed by atoms with E-state index in [2.05, 4.69) is 114 Å². The number of oxazole rings is 1. The predicted octanol–water partition coefficient (Wildman–Crippen LogP) is 10.4. The van der Waals surface area contributed by atoms with Gasteiger partial charge in [-0.3, -0.25) is 0 Å². The van der Waals surface area contributed by atoms with E-state index in [9.17, 15) is 0 Å². The number of hydrogen-bond donors (Lipinski definition) is 0. The summed E-state index contributed by atoms with van der Waals surface area (Å²) in [7, 11) is 0. The Morgan fingerprint density at radius 2 is 1.00 bits per heavy atom. The Balaban J connectivity index is 1.29. The predicted molar refractivity (Wildman–Crippen MR) is 167 cm³/mol. The van der Waals surface area contributed by atoms with Crippen LogP contribution in [0, 0.1) is 0 Å². The fourth-order valence-electron chi connectivity index (χ4n) is 5.78. The van der Waals surface area contributed by atoms with Crippen molar-refractivity contribution in [2.75, 3.05) is 4.90 Å². The Morgan fingerprint density at radius 3 is 1.73 bits per heavy atom. The third-order valence-corrected chi connectivity index (χ3v) is 7.66. The van der Waals surface area contributed by atoms with Crippen molar-refractivity contribution in [1.82, 2.24) is 4.98 Å². The smallest absolute Gasteiger partial charge is 0.227 e. The maximum atomic E-state index is 6.14. The minimum Gasteiger partial charge on any atom is -0.436 e. The quantitative estimate of drug-likeness (QED) is 0.220. The van der Waals surface area contributed by atoms with Crippen LogP contribution in [-0.4, -0.2) is 4.98 Å². The van der Waals surface area contributed by atoms with E-state index in [1.165, 1.54) is 26.9 Å². The molecule has 0 bridgehead atoms. The third-order valence-electron chi connectivity index (χ3n) is 7.66. The molecule has 40 heavy (non-hydrogen) atoms. The SMILES string of the molecule is c1ccc(-c2nc3c(ccc4c5ccc6cc(N(c7ccccc7)c7ccccc7)ccc6c5ccc43)o2)cc1. The molecule has 0 radical (unpaired) electrons. The van der Waals surface area contributed by atoms with Gasteiger partial charge in [-0.05, 0) is 87.6 Å². The van der Waals surface area contributed by atoms with Gasteiger partial charge in [-0.25, -0.2) is 4.98 Å².